The molecule has 0 saturated carbocycles. The van der Waals surface area contributed by atoms with Crippen molar-refractivity contribution >= 4 is 5.91 Å². The van der Waals surface area contributed by atoms with Crippen LogP contribution in [0.4, 0.5) is 0 Å². The van der Waals surface area contributed by atoms with Crippen LogP contribution in [0, 0.1) is 5.92 Å². The molecule has 0 spiro atoms. The second kappa shape index (κ2) is 9.83. The molecular formula is C21H35N5O2. The highest BCUT2D eigenvalue weighted by Gasteiger charge is 2.26. The molecule has 0 aliphatic carbocycles. The lowest BCUT2D eigenvalue weighted by Gasteiger charge is -2.26. The van der Waals surface area contributed by atoms with Crippen LogP contribution < -0.4 is 5.32 Å². The first-order chi connectivity index (χ1) is 13.8. The minimum absolute atomic E-state index is 0.212. The summed E-state index contributed by atoms with van der Waals surface area (Å²) in [4.78, 5) is 14.9. The minimum atomic E-state index is 0.212. The molecule has 7 nitrogen and oxygen atoms in total. The van der Waals surface area contributed by atoms with Crippen molar-refractivity contribution in [1.82, 2.24) is 25.0 Å². The molecule has 3 aliphatic rings. The Labute approximate surface area is 168 Å². The predicted molar refractivity (Wildman–Crippen MR) is 107 cm³/mol. The second-order valence-corrected chi connectivity index (χ2v) is 8.66. The Bertz CT molecular complexity index is 635. The quantitative estimate of drug-likeness (QED) is 0.807. The van der Waals surface area contributed by atoms with Gasteiger partial charge >= 0.3 is 0 Å². The standard InChI is InChI=1S/C21H35N5O2/c27-20(22-9-13-25-10-2-1-3-11-25)16-17-4-5-19-23-24-21(26(19)12-6-17)18-7-14-28-15-8-18/h17-18H,1-16H2,(H,22,27). The van der Waals surface area contributed by atoms with Gasteiger partial charge in [-0.3, -0.25) is 4.79 Å². The van der Waals surface area contributed by atoms with Gasteiger partial charge in [0, 0.05) is 51.6 Å². The molecule has 7 heteroatoms. The summed E-state index contributed by atoms with van der Waals surface area (Å²) < 4.78 is 7.83. The zero-order valence-electron chi connectivity index (χ0n) is 17.1. The lowest BCUT2D eigenvalue weighted by molar-refractivity contribution is -0.122. The SMILES string of the molecule is O=C(CC1CCc2nnc(C3CCOCC3)n2CC1)NCCN1CCCCC1. The van der Waals surface area contributed by atoms with Crippen LogP contribution >= 0.6 is 0 Å². The first kappa shape index (κ1) is 19.8. The molecule has 3 aliphatic heterocycles. The van der Waals surface area contributed by atoms with Crippen molar-refractivity contribution in [2.75, 3.05) is 39.4 Å². The Balaban J connectivity index is 1.22. The van der Waals surface area contributed by atoms with Gasteiger partial charge in [-0.15, -0.1) is 10.2 Å². The van der Waals surface area contributed by atoms with Gasteiger partial charge in [0.1, 0.15) is 11.6 Å². The molecule has 28 heavy (non-hydrogen) atoms. The van der Waals surface area contributed by atoms with Crippen molar-refractivity contribution in [3.63, 3.8) is 0 Å². The summed E-state index contributed by atoms with van der Waals surface area (Å²) >= 11 is 0. The Kier molecular flexibility index (Phi) is 6.96. The van der Waals surface area contributed by atoms with E-state index in [0.29, 0.717) is 18.3 Å². The number of aryl methyl sites for hydroxylation is 1. The van der Waals surface area contributed by atoms with Gasteiger partial charge < -0.3 is 19.5 Å². The maximum atomic E-state index is 12.4. The number of amides is 1. The van der Waals surface area contributed by atoms with Crippen molar-refractivity contribution in [2.24, 2.45) is 5.92 Å². The van der Waals surface area contributed by atoms with Gasteiger partial charge in [-0.2, -0.15) is 0 Å². The number of hydrogen-bond acceptors (Lipinski definition) is 5. The molecule has 1 atom stereocenters. The fourth-order valence-electron chi connectivity index (χ4n) is 4.90. The Morgan fingerprint density at radius 2 is 1.86 bits per heavy atom. The topological polar surface area (TPSA) is 72.3 Å². The number of piperidine rings is 1. The van der Waals surface area contributed by atoms with Crippen molar-refractivity contribution in [1.29, 1.82) is 0 Å². The maximum Gasteiger partial charge on any atom is 0.220 e. The first-order valence-electron chi connectivity index (χ1n) is 11.3. The molecule has 2 fully saturated rings. The molecule has 4 heterocycles. The summed E-state index contributed by atoms with van der Waals surface area (Å²) in [5.74, 6) is 3.38. The molecule has 1 N–H and O–H groups in total. The highest BCUT2D eigenvalue weighted by molar-refractivity contribution is 5.76. The van der Waals surface area contributed by atoms with E-state index in [0.717, 1.165) is 76.6 Å². The molecule has 0 aromatic carbocycles. The largest absolute Gasteiger partial charge is 0.381 e. The van der Waals surface area contributed by atoms with E-state index in [1.165, 1.54) is 32.4 Å². The van der Waals surface area contributed by atoms with Crippen LogP contribution in [0.1, 0.15) is 68.9 Å². The van der Waals surface area contributed by atoms with E-state index in [2.05, 4.69) is 25.0 Å². The Morgan fingerprint density at radius 3 is 2.68 bits per heavy atom. The lowest BCUT2D eigenvalue weighted by atomic mass is 9.96. The number of hydrogen-bond donors (Lipinski definition) is 1. The number of likely N-dealkylation sites (tertiary alicyclic amines) is 1. The molecule has 0 radical (unpaired) electrons. The van der Waals surface area contributed by atoms with E-state index in [9.17, 15) is 4.79 Å². The van der Waals surface area contributed by atoms with Gasteiger partial charge in [0.15, 0.2) is 0 Å². The number of fused-ring (bicyclic) bond motifs is 1. The molecule has 1 aromatic heterocycles. The summed E-state index contributed by atoms with van der Waals surface area (Å²) in [5.41, 5.74) is 0. The molecule has 0 bridgehead atoms. The minimum Gasteiger partial charge on any atom is -0.381 e. The highest BCUT2D eigenvalue weighted by Crippen LogP contribution is 2.29. The first-order valence-corrected chi connectivity index (χ1v) is 11.3. The van der Waals surface area contributed by atoms with Crippen LogP contribution in [0.25, 0.3) is 0 Å². The van der Waals surface area contributed by atoms with Crippen LogP contribution in [0.15, 0.2) is 0 Å². The van der Waals surface area contributed by atoms with Crippen molar-refractivity contribution in [3.05, 3.63) is 11.6 Å². The summed E-state index contributed by atoms with van der Waals surface area (Å²) in [6.07, 6.45) is 9.69. The van der Waals surface area contributed by atoms with E-state index in [4.69, 9.17) is 4.74 Å². The Hall–Kier alpha value is -1.47. The zero-order chi connectivity index (χ0) is 19.2. The lowest BCUT2D eigenvalue weighted by Crippen LogP contribution is -2.38. The number of carbonyl (C=O) groups excluding carboxylic acids is 1. The third-order valence-electron chi connectivity index (χ3n) is 6.65. The number of ether oxygens (including phenoxy) is 1. The third-order valence-corrected chi connectivity index (χ3v) is 6.65. The average molecular weight is 390 g/mol. The van der Waals surface area contributed by atoms with Crippen molar-refractivity contribution < 1.29 is 9.53 Å². The van der Waals surface area contributed by atoms with Gasteiger partial charge in [-0.1, -0.05) is 6.42 Å². The molecule has 4 rings (SSSR count). The number of aromatic nitrogens is 3. The highest BCUT2D eigenvalue weighted by atomic mass is 16.5. The fraction of sp³-hybridized carbons (Fsp3) is 0.857. The van der Waals surface area contributed by atoms with Crippen molar-refractivity contribution in [2.45, 2.75) is 70.3 Å². The molecule has 1 unspecified atom stereocenters. The zero-order valence-corrected chi connectivity index (χ0v) is 17.1. The summed E-state index contributed by atoms with van der Waals surface area (Å²) in [5, 5.41) is 12.1. The van der Waals surface area contributed by atoms with Crippen LogP contribution in [0.2, 0.25) is 0 Å². The van der Waals surface area contributed by atoms with Gasteiger partial charge in [0.05, 0.1) is 0 Å². The van der Waals surface area contributed by atoms with Gasteiger partial charge in [-0.25, -0.2) is 0 Å². The van der Waals surface area contributed by atoms with Crippen LogP contribution in [-0.2, 0) is 22.5 Å². The number of nitrogens with one attached hydrogen (secondary N) is 1. The maximum absolute atomic E-state index is 12.4. The normalized spacial score (nSPS) is 24.5. The van der Waals surface area contributed by atoms with Crippen LogP contribution in [-0.4, -0.2) is 65.0 Å². The second-order valence-electron chi connectivity index (χ2n) is 8.66. The smallest absolute Gasteiger partial charge is 0.220 e. The number of carbonyl (C=O) groups is 1. The van der Waals surface area contributed by atoms with E-state index in [-0.39, 0.29) is 5.91 Å². The van der Waals surface area contributed by atoms with E-state index in [1.807, 2.05) is 0 Å². The molecular weight excluding hydrogens is 354 g/mol. The molecule has 1 amide bonds. The van der Waals surface area contributed by atoms with Gasteiger partial charge in [-0.05, 0) is 57.5 Å². The van der Waals surface area contributed by atoms with Gasteiger partial charge in [0.25, 0.3) is 0 Å². The number of nitrogens with zero attached hydrogens (tertiary/aromatic N) is 4. The average Bonchev–Trinajstić information content (AvgIpc) is 3.04. The predicted octanol–water partition coefficient (Wildman–Crippen LogP) is 2.12. The van der Waals surface area contributed by atoms with Crippen LogP contribution in [0.5, 0.6) is 0 Å². The molecule has 1 aromatic rings. The fourth-order valence-corrected chi connectivity index (χ4v) is 4.90. The summed E-state index contributed by atoms with van der Waals surface area (Å²) in [6.45, 7) is 6.75. The molecule has 2 saturated heterocycles. The number of rotatable bonds is 6. The molecule has 156 valence electrons. The van der Waals surface area contributed by atoms with E-state index >= 15 is 0 Å². The van der Waals surface area contributed by atoms with Gasteiger partial charge in [0.2, 0.25) is 5.91 Å². The van der Waals surface area contributed by atoms with Crippen molar-refractivity contribution in [3.8, 4) is 0 Å². The summed E-state index contributed by atoms with van der Waals surface area (Å²) in [6, 6.07) is 0. The monoisotopic (exact) mass is 389 g/mol. The van der Waals surface area contributed by atoms with E-state index in [1.54, 1.807) is 0 Å². The summed E-state index contributed by atoms with van der Waals surface area (Å²) in [7, 11) is 0. The third kappa shape index (κ3) is 5.11. The van der Waals surface area contributed by atoms with E-state index < -0.39 is 0 Å². The van der Waals surface area contributed by atoms with Crippen LogP contribution in [0.3, 0.4) is 0 Å². The Morgan fingerprint density at radius 1 is 1.04 bits per heavy atom.